The second-order valence-corrected chi connectivity index (χ2v) is 9.90. The van der Waals surface area contributed by atoms with E-state index in [2.05, 4.69) is 4.98 Å². The van der Waals surface area contributed by atoms with E-state index in [1.54, 1.807) is 6.08 Å². The van der Waals surface area contributed by atoms with E-state index < -0.39 is 31.7 Å². The summed E-state index contributed by atoms with van der Waals surface area (Å²) in [4.78, 5) is 17.5. The molecule has 1 amide bonds. The number of carbonyl (C=O) groups excluding carboxylic acids is 1. The van der Waals surface area contributed by atoms with Crippen LogP contribution in [0.1, 0.15) is 16.3 Å². The molecule has 6 nitrogen and oxygen atoms in total. The number of rotatable bonds is 4. The number of carbonyl (C=O) groups is 1. The fraction of sp³-hybridized carbons (Fsp3) is 0.333. The number of aromatic nitrogens is 1. The highest BCUT2D eigenvalue weighted by molar-refractivity contribution is 7.89. The average Bonchev–Trinajstić information content (AvgIpc) is 3.10. The molecule has 0 unspecified atom stereocenters. The Kier molecular flexibility index (Phi) is 6.56. The molecule has 1 aromatic carbocycles. The van der Waals surface area contributed by atoms with Gasteiger partial charge in [-0.05, 0) is 31.2 Å². The van der Waals surface area contributed by atoms with E-state index in [-0.39, 0.29) is 32.1 Å². The Morgan fingerprint density at radius 1 is 1.23 bits per heavy atom. The van der Waals surface area contributed by atoms with Crippen molar-refractivity contribution in [2.45, 2.75) is 18.0 Å². The van der Waals surface area contributed by atoms with Gasteiger partial charge in [0.1, 0.15) is 0 Å². The van der Waals surface area contributed by atoms with Crippen LogP contribution in [0, 0.1) is 6.92 Å². The predicted octanol–water partition coefficient (Wildman–Crippen LogP) is 3.67. The Bertz CT molecular complexity index is 1080. The van der Waals surface area contributed by atoms with E-state index in [1.165, 1.54) is 22.3 Å². The summed E-state index contributed by atoms with van der Waals surface area (Å²) in [6.07, 6.45) is -1.81. The lowest BCUT2D eigenvalue weighted by molar-refractivity contribution is -0.137. The molecule has 30 heavy (non-hydrogen) atoms. The fourth-order valence-electron chi connectivity index (χ4n) is 2.90. The van der Waals surface area contributed by atoms with E-state index in [4.69, 9.17) is 11.6 Å². The molecule has 1 aliphatic rings. The fourth-order valence-corrected chi connectivity index (χ4v) is 5.15. The summed E-state index contributed by atoms with van der Waals surface area (Å²) < 4.78 is 65.7. The predicted molar refractivity (Wildman–Crippen MR) is 108 cm³/mol. The SMILES string of the molecule is Cc1nc(/C=C/C(=O)N2CCN(S(=O)(=O)c3ccc(Cl)c(C(F)(F)F)c3)CC2)cs1. The van der Waals surface area contributed by atoms with Crippen LogP contribution < -0.4 is 0 Å². The molecule has 2 heterocycles. The highest BCUT2D eigenvalue weighted by Crippen LogP contribution is 2.36. The van der Waals surface area contributed by atoms with Crippen molar-refractivity contribution in [1.29, 1.82) is 0 Å². The van der Waals surface area contributed by atoms with Gasteiger partial charge in [-0.15, -0.1) is 11.3 Å². The van der Waals surface area contributed by atoms with Crippen LogP contribution in [-0.4, -0.2) is 54.7 Å². The van der Waals surface area contributed by atoms with Gasteiger partial charge in [0.25, 0.3) is 0 Å². The third kappa shape index (κ3) is 5.02. The maximum Gasteiger partial charge on any atom is 0.417 e. The summed E-state index contributed by atoms with van der Waals surface area (Å²) in [5, 5.41) is 2.11. The molecule has 2 aromatic rings. The summed E-state index contributed by atoms with van der Waals surface area (Å²) in [5.74, 6) is -0.288. The van der Waals surface area contributed by atoms with E-state index in [0.29, 0.717) is 11.8 Å². The summed E-state index contributed by atoms with van der Waals surface area (Å²) in [5.41, 5.74) is -0.545. The van der Waals surface area contributed by atoms with Crippen LogP contribution in [0.3, 0.4) is 0 Å². The van der Waals surface area contributed by atoms with Crippen LogP contribution in [0.4, 0.5) is 13.2 Å². The first kappa shape index (κ1) is 22.7. The van der Waals surface area contributed by atoms with Crippen molar-refractivity contribution in [2.75, 3.05) is 26.2 Å². The monoisotopic (exact) mass is 479 g/mol. The van der Waals surface area contributed by atoms with Crippen LogP contribution in [0.15, 0.2) is 34.6 Å². The van der Waals surface area contributed by atoms with E-state index in [0.717, 1.165) is 21.4 Å². The number of hydrogen-bond acceptors (Lipinski definition) is 5. The van der Waals surface area contributed by atoms with Gasteiger partial charge in [0.05, 0.1) is 26.2 Å². The van der Waals surface area contributed by atoms with Crippen LogP contribution in [-0.2, 0) is 21.0 Å². The zero-order chi connectivity index (χ0) is 22.1. The number of aryl methyl sites for hydroxylation is 1. The Morgan fingerprint density at radius 3 is 2.47 bits per heavy atom. The van der Waals surface area contributed by atoms with Crippen molar-refractivity contribution >= 4 is 44.9 Å². The molecule has 1 aromatic heterocycles. The van der Waals surface area contributed by atoms with Gasteiger partial charge in [0, 0.05) is 37.6 Å². The van der Waals surface area contributed by atoms with Crippen LogP contribution in [0.25, 0.3) is 6.08 Å². The zero-order valence-electron chi connectivity index (χ0n) is 15.7. The Morgan fingerprint density at radius 2 is 1.90 bits per heavy atom. The standard InChI is InChI=1S/C18H17ClF3N3O3S2/c1-12-23-13(11-29-12)2-5-17(26)24-6-8-25(9-7-24)30(27,28)14-3-4-16(19)15(10-14)18(20,21)22/h2-5,10-11H,6-9H2,1H3/b5-2+. The van der Waals surface area contributed by atoms with Crippen molar-refractivity contribution < 1.29 is 26.4 Å². The number of sulfonamides is 1. The van der Waals surface area contributed by atoms with Crippen LogP contribution in [0.2, 0.25) is 5.02 Å². The number of nitrogens with zero attached hydrogens (tertiary/aromatic N) is 3. The summed E-state index contributed by atoms with van der Waals surface area (Å²) in [7, 11) is -4.15. The number of halogens is 4. The lowest BCUT2D eigenvalue weighted by Gasteiger charge is -2.33. The zero-order valence-corrected chi connectivity index (χ0v) is 18.1. The molecule has 0 bridgehead atoms. The molecule has 1 aliphatic heterocycles. The molecule has 3 rings (SSSR count). The van der Waals surface area contributed by atoms with Crippen molar-refractivity contribution in [2.24, 2.45) is 0 Å². The molecule has 0 aliphatic carbocycles. The van der Waals surface area contributed by atoms with Crippen molar-refractivity contribution in [3.63, 3.8) is 0 Å². The highest BCUT2D eigenvalue weighted by atomic mass is 35.5. The van der Waals surface area contributed by atoms with Gasteiger partial charge < -0.3 is 4.90 Å². The van der Waals surface area contributed by atoms with Gasteiger partial charge in [-0.2, -0.15) is 17.5 Å². The topological polar surface area (TPSA) is 70.6 Å². The number of thiazole rings is 1. The maximum atomic E-state index is 13.0. The highest BCUT2D eigenvalue weighted by Gasteiger charge is 2.36. The third-order valence-corrected chi connectivity index (χ3v) is 7.48. The molecule has 12 heteroatoms. The van der Waals surface area contributed by atoms with Gasteiger partial charge in [-0.1, -0.05) is 11.6 Å². The molecule has 162 valence electrons. The molecular weight excluding hydrogens is 463 g/mol. The molecule has 0 atom stereocenters. The quantitative estimate of drug-likeness (QED) is 0.627. The number of hydrogen-bond donors (Lipinski definition) is 0. The van der Waals surface area contributed by atoms with Gasteiger partial charge in [0.2, 0.25) is 15.9 Å². The molecular formula is C18H17ClF3N3O3S2. The van der Waals surface area contributed by atoms with Crippen LogP contribution >= 0.6 is 22.9 Å². The first-order chi connectivity index (χ1) is 14.0. The first-order valence-electron chi connectivity index (χ1n) is 8.74. The Hall–Kier alpha value is -1.95. The average molecular weight is 480 g/mol. The van der Waals surface area contributed by atoms with Gasteiger partial charge >= 0.3 is 6.18 Å². The van der Waals surface area contributed by atoms with Gasteiger partial charge in [0.15, 0.2) is 0 Å². The minimum atomic E-state index is -4.77. The van der Waals surface area contributed by atoms with E-state index in [9.17, 15) is 26.4 Å². The molecule has 1 fully saturated rings. The number of piperazine rings is 1. The Balaban J connectivity index is 1.68. The van der Waals surface area contributed by atoms with E-state index in [1.807, 2.05) is 12.3 Å². The number of amides is 1. The largest absolute Gasteiger partial charge is 0.417 e. The minimum absolute atomic E-state index is 0.0261. The Labute approximate surface area is 180 Å². The van der Waals surface area contributed by atoms with Crippen LogP contribution in [0.5, 0.6) is 0 Å². The van der Waals surface area contributed by atoms with E-state index >= 15 is 0 Å². The molecule has 0 radical (unpaired) electrons. The maximum absolute atomic E-state index is 13.0. The van der Waals surface area contributed by atoms with Crippen molar-refractivity contribution in [3.05, 3.63) is 50.9 Å². The normalized spacial score (nSPS) is 16.4. The second-order valence-electron chi connectivity index (χ2n) is 6.49. The first-order valence-corrected chi connectivity index (χ1v) is 11.4. The van der Waals surface area contributed by atoms with Gasteiger partial charge in [-0.25, -0.2) is 13.4 Å². The summed E-state index contributed by atoms with van der Waals surface area (Å²) in [6.45, 7) is 2.04. The van der Waals surface area contributed by atoms with Crippen molar-refractivity contribution in [3.8, 4) is 0 Å². The van der Waals surface area contributed by atoms with Gasteiger partial charge in [-0.3, -0.25) is 4.79 Å². The second kappa shape index (κ2) is 8.66. The minimum Gasteiger partial charge on any atom is -0.337 e. The molecule has 1 saturated heterocycles. The lowest BCUT2D eigenvalue weighted by atomic mass is 10.2. The summed E-state index contributed by atoms with van der Waals surface area (Å²) in [6, 6.07) is 2.50. The molecule has 0 N–H and O–H groups in total. The summed E-state index contributed by atoms with van der Waals surface area (Å²) >= 11 is 7.02. The lowest BCUT2D eigenvalue weighted by Crippen LogP contribution is -2.50. The molecule has 0 saturated carbocycles. The number of benzene rings is 1. The molecule has 0 spiro atoms. The third-order valence-electron chi connectivity index (χ3n) is 4.46. The number of alkyl halides is 3. The van der Waals surface area contributed by atoms with Crippen molar-refractivity contribution in [1.82, 2.24) is 14.2 Å². The smallest absolute Gasteiger partial charge is 0.337 e.